The van der Waals surface area contributed by atoms with Crippen LogP contribution in [0.3, 0.4) is 0 Å². The number of carbonyl (C=O) groups excluding carboxylic acids is 1. The summed E-state index contributed by atoms with van der Waals surface area (Å²) in [5, 5.41) is 4.08. The van der Waals surface area contributed by atoms with Crippen LogP contribution in [0.15, 0.2) is 12.3 Å². The first kappa shape index (κ1) is 11.0. The Morgan fingerprint density at radius 2 is 2.39 bits per heavy atom. The Balaban J connectivity index is 1.94. The molecule has 0 aliphatic carbocycles. The normalized spacial score (nSPS) is 15.6. The molecule has 2 aromatic rings. The molecule has 0 bridgehead atoms. The minimum Gasteiger partial charge on any atom is -0.350 e. The Bertz CT molecular complexity index is 598. The largest absolute Gasteiger partial charge is 0.350 e. The molecule has 1 amide bonds. The highest BCUT2D eigenvalue weighted by molar-refractivity contribution is 5.74. The third kappa shape index (κ3) is 1.78. The Hall–Kier alpha value is -2.15. The number of amides is 1. The average molecular weight is 246 g/mol. The lowest BCUT2D eigenvalue weighted by atomic mass is 10.2. The van der Waals surface area contributed by atoms with Gasteiger partial charge in [0.1, 0.15) is 5.69 Å². The van der Waals surface area contributed by atoms with Gasteiger partial charge in [0.05, 0.1) is 11.4 Å². The number of likely N-dealkylation sites (N-methyl/N-ethyl adjacent to an activating group) is 1. The Morgan fingerprint density at radius 1 is 1.56 bits per heavy atom. The van der Waals surface area contributed by atoms with Gasteiger partial charge in [0.15, 0.2) is 5.82 Å². The summed E-state index contributed by atoms with van der Waals surface area (Å²) in [7, 11) is 2.07. The standard InChI is InChI=1S/C11H14N6O/c1-16-4-2-7-9(6-16)14-10(13-7)8-3-5-17(15-8)11(12)18/h3,5H,2,4,6H2,1H3,(H2,12,18)(H,13,14). The predicted octanol–water partition coefficient (Wildman–Crippen LogP) is 0.188. The van der Waals surface area contributed by atoms with E-state index in [9.17, 15) is 4.79 Å². The minimum atomic E-state index is -0.600. The second-order valence-electron chi connectivity index (χ2n) is 4.48. The number of fused-ring (bicyclic) bond motifs is 1. The number of carbonyl (C=O) groups is 1. The van der Waals surface area contributed by atoms with Crippen molar-refractivity contribution in [1.82, 2.24) is 24.6 Å². The van der Waals surface area contributed by atoms with Crippen molar-refractivity contribution in [2.45, 2.75) is 13.0 Å². The van der Waals surface area contributed by atoms with E-state index in [1.807, 2.05) is 0 Å². The number of hydrogen-bond acceptors (Lipinski definition) is 4. The number of nitrogens with zero attached hydrogens (tertiary/aromatic N) is 4. The number of aromatic nitrogens is 4. The predicted molar refractivity (Wildman–Crippen MR) is 64.8 cm³/mol. The summed E-state index contributed by atoms with van der Waals surface area (Å²) in [5.74, 6) is 0.690. The summed E-state index contributed by atoms with van der Waals surface area (Å²) in [6.07, 6.45) is 2.46. The number of nitrogens with two attached hydrogens (primary N) is 1. The zero-order valence-electron chi connectivity index (χ0n) is 10.1. The van der Waals surface area contributed by atoms with Crippen LogP contribution in [-0.2, 0) is 13.0 Å². The molecule has 7 nitrogen and oxygen atoms in total. The Kier molecular flexibility index (Phi) is 2.41. The molecule has 0 saturated carbocycles. The molecular formula is C11H14N6O. The van der Waals surface area contributed by atoms with Gasteiger partial charge in [0, 0.05) is 25.7 Å². The van der Waals surface area contributed by atoms with Gasteiger partial charge >= 0.3 is 6.03 Å². The molecule has 0 radical (unpaired) electrons. The fraction of sp³-hybridized carbons (Fsp3) is 0.364. The van der Waals surface area contributed by atoms with Crippen LogP contribution in [-0.4, -0.2) is 44.3 Å². The molecular weight excluding hydrogens is 232 g/mol. The van der Waals surface area contributed by atoms with Gasteiger partial charge in [-0.1, -0.05) is 0 Å². The SMILES string of the molecule is CN1CCc2nc(-c3ccn(C(N)=O)n3)[nH]c2C1. The van der Waals surface area contributed by atoms with Gasteiger partial charge in [-0.05, 0) is 13.1 Å². The Morgan fingerprint density at radius 3 is 3.11 bits per heavy atom. The summed E-state index contributed by atoms with van der Waals surface area (Å²) >= 11 is 0. The fourth-order valence-corrected chi connectivity index (χ4v) is 2.12. The molecule has 0 atom stereocenters. The second kappa shape index (κ2) is 3.95. The molecule has 0 aromatic carbocycles. The number of hydrogen-bond donors (Lipinski definition) is 2. The number of nitrogens with one attached hydrogen (secondary N) is 1. The van der Waals surface area contributed by atoms with Crippen LogP contribution in [0, 0.1) is 0 Å². The maximum atomic E-state index is 11.0. The molecule has 94 valence electrons. The lowest BCUT2D eigenvalue weighted by Crippen LogP contribution is -2.26. The van der Waals surface area contributed by atoms with Crippen molar-refractivity contribution >= 4 is 6.03 Å². The quantitative estimate of drug-likeness (QED) is 0.751. The highest BCUT2D eigenvalue weighted by Gasteiger charge is 2.19. The molecule has 18 heavy (non-hydrogen) atoms. The zero-order chi connectivity index (χ0) is 12.7. The van der Waals surface area contributed by atoms with E-state index in [0.717, 1.165) is 35.6 Å². The third-order valence-electron chi connectivity index (χ3n) is 3.08. The summed E-state index contributed by atoms with van der Waals surface area (Å²) in [5.41, 5.74) is 7.97. The number of H-pyrrole nitrogens is 1. The van der Waals surface area contributed by atoms with Crippen molar-refractivity contribution in [2.75, 3.05) is 13.6 Å². The molecule has 1 aliphatic rings. The molecule has 2 aromatic heterocycles. The van der Waals surface area contributed by atoms with Gasteiger partial charge in [0.2, 0.25) is 0 Å². The Labute approximate surface area is 104 Å². The van der Waals surface area contributed by atoms with Crippen molar-refractivity contribution in [3.05, 3.63) is 23.7 Å². The molecule has 1 aliphatic heterocycles. The van der Waals surface area contributed by atoms with Crippen molar-refractivity contribution in [3.63, 3.8) is 0 Å². The van der Waals surface area contributed by atoms with Crippen LogP contribution in [0.1, 0.15) is 11.4 Å². The summed E-state index contributed by atoms with van der Waals surface area (Å²) < 4.78 is 1.10. The summed E-state index contributed by atoms with van der Waals surface area (Å²) in [6, 6.07) is 1.12. The van der Waals surface area contributed by atoms with Gasteiger partial charge in [0.25, 0.3) is 0 Å². The molecule has 0 saturated heterocycles. The smallest absolute Gasteiger partial charge is 0.339 e. The molecule has 3 heterocycles. The summed E-state index contributed by atoms with van der Waals surface area (Å²) in [4.78, 5) is 21.0. The molecule has 0 spiro atoms. The fourth-order valence-electron chi connectivity index (χ4n) is 2.12. The van der Waals surface area contributed by atoms with Crippen molar-refractivity contribution < 1.29 is 4.79 Å². The molecule has 3 N–H and O–H groups in total. The van der Waals surface area contributed by atoms with Crippen LogP contribution in [0.25, 0.3) is 11.5 Å². The number of aromatic amines is 1. The van der Waals surface area contributed by atoms with Crippen molar-refractivity contribution in [1.29, 1.82) is 0 Å². The first-order valence-corrected chi connectivity index (χ1v) is 5.75. The minimum absolute atomic E-state index is 0.600. The number of imidazole rings is 1. The van der Waals surface area contributed by atoms with E-state index in [1.165, 1.54) is 6.20 Å². The van der Waals surface area contributed by atoms with E-state index < -0.39 is 6.03 Å². The van der Waals surface area contributed by atoms with E-state index in [0.29, 0.717) is 11.5 Å². The van der Waals surface area contributed by atoms with Crippen LogP contribution < -0.4 is 5.73 Å². The van der Waals surface area contributed by atoms with Crippen LogP contribution in [0.5, 0.6) is 0 Å². The molecule has 3 rings (SSSR count). The van der Waals surface area contributed by atoms with Gasteiger partial charge < -0.3 is 15.6 Å². The van der Waals surface area contributed by atoms with Crippen LogP contribution in [0.2, 0.25) is 0 Å². The first-order valence-electron chi connectivity index (χ1n) is 5.75. The maximum absolute atomic E-state index is 11.0. The van der Waals surface area contributed by atoms with Gasteiger partial charge in [-0.25, -0.2) is 9.78 Å². The van der Waals surface area contributed by atoms with Gasteiger partial charge in [-0.15, -0.1) is 0 Å². The second-order valence-corrected chi connectivity index (χ2v) is 4.48. The van der Waals surface area contributed by atoms with Crippen LogP contribution in [0.4, 0.5) is 4.79 Å². The van der Waals surface area contributed by atoms with E-state index in [2.05, 4.69) is 27.0 Å². The lowest BCUT2D eigenvalue weighted by Gasteiger charge is -2.20. The van der Waals surface area contributed by atoms with Crippen LogP contribution >= 0.6 is 0 Å². The van der Waals surface area contributed by atoms with Crippen molar-refractivity contribution in [3.8, 4) is 11.5 Å². The van der Waals surface area contributed by atoms with E-state index in [1.54, 1.807) is 6.07 Å². The van der Waals surface area contributed by atoms with Gasteiger partial charge in [-0.2, -0.15) is 9.78 Å². The highest BCUT2D eigenvalue weighted by atomic mass is 16.2. The van der Waals surface area contributed by atoms with E-state index in [4.69, 9.17) is 5.73 Å². The third-order valence-corrected chi connectivity index (χ3v) is 3.08. The molecule has 0 fully saturated rings. The zero-order valence-corrected chi connectivity index (χ0v) is 10.1. The maximum Gasteiger partial charge on any atom is 0.339 e. The molecule has 7 heteroatoms. The average Bonchev–Trinajstić information content (AvgIpc) is 2.93. The van der Waals surface area contributed by atoms with Crippen molar-refractivity contribution in [2.24, 2.45) is 5.73 Å². The van der Waals surface area contributed by atoms with Gasteiger partial charge in [-0.3, -0.25) is 0 Å². The summed E-state index contributed by atoms with van der Waals surface area (Å²) in [6.45, 7) is 1.87. The number of rotatable bonds is 1. The monoisotopic (exact) mass is 246 g/mol. The first-order chi connectivity index (χ1) is 8.63. The number of primary amides is 1. The van der Waals surface area contributed by atoms with E-state index in [-0.39, 0.29) is 0 Å². The molecule has 0 unspecified atom stereocenters. The topological polar surface area (TPSA) is 92.8 Å². The highest BCUT2D eigenvalue weighted by Crippen LogP contribution is 2.20. The van der Waals surface area contributed by atoms with E-state index >= 15 is 0 Å². The lowest BCUT2D eigenvalue weighted by molar-refractivity contribution is 0.248.